The van der Waals surface area contributed by atoms with E-state index < -0.39 is 52.0 Å². The third-order valence-corrected chi connectivity index (χ3v) is 7.54. The molecule has 0 spiro atoms. The van der Waals surface area contributed by atoms with Crippen LogP contribution in [0.1, 0.15) is 29.5 Å². The first-order chi connectivity index (χ1) is 16.1. The molecular formula is C24H26N2O8. The molecule has 10 heteroatoms. The van der Waals surface area contributed by atoms with Gasteiger partial charge in [0, 0.05) is 37.5 Å². The highest BCUT2D eigenvalue weighted by atomic mass is 16.5. The molecule has 180 valence electrons. The quantitative estimate of drug-likeness (QED) is 0.389. The lowest BCUT2D eigenvalue weighted by molar-refractivity contribution is -0.147. The Morgan fingerprint density at radius 1 is 1.15 bits per heavy atom. The maximum atomic E-state index is 13.5. The average molecular weight is 470 g/mol. The molecule has 10 nitrogen and oxygen atoms in total. The number of nitrogens with zero attached hydrogens (tertiary/aromatic N) is 1. The van der Waals surface area contributed by atoms with Crippen molar-refractivity contribution in [3.05, 3.63) is 45.7 Å². The number of Topliss-reactive ketones (excluding diaryl/α,β-unsaturated/α-hetero) is 2. The van der Waals surface area contributed by atoms with E-state index >= 15 is 0 Å². The molecule has 1 saturated heterocycles. The SMILES string of the molecule is NC(=O)C1=C(O)[C@@]2(O)C(=O)C3=C(O)c4c(O)ccc(CN5CCOCC5)c4C[C@H]3C[C@H]2CC1=O. The number of ketones is 2. The van der Waals surface area contributed by atoms with E-state index in [1.165, 1.54) is 6.07 Å². The highest BCUT2D eigenvalue weighted by Gasteiger charge is 2.60. The number of hydrogen-bond acceptors (Lipinski definition) is 9. The number of amides is 1. The van der Waals surface area contributed by atoms with Gasteiger partial charge in [-0.25, -0.2) is 0 Å². The van der Waals surface area contributed by atoms with Crippen LogP contribution in [0.25, 0.3) is 5.76 Å². The standard InChI is InChI=1S/C24H26N2O8/c25-23(32)19-16(28)9-13-7-12-8-14-11(10-26-3-5-34-6-4-26)1-2-15(27)18(14)20(29)17(12)21(30)24(13,33)22(19)31/h1-2,12-13,27,29,31,33H,3-10H2,(H2,25,32)/t12-,13+,24+/m1/s1. The van der Waals surface area contributed by atoms with E-state index in [1.54, 1.807) is 6.07 Å². The fourth-order valence-electron chi connectivity index (χ4n) is 5.83. The van der Waals surface area contributed by atoms with Gasteiger partial charge in [0.2, 0.25) is 5.78 Å². The van der Waals surface area contributed by atoms with E-state index in [-0.39, 0.29) is 29.7 Å². The summed E-state index contributed by atoms with van der Waals surface area (Å²) in [4.78, 5) is 39.9. The topological polar surface area (TPSA) is 171 Å². The molecule has 0 radical (unpaired) electrons. The van der Waals surface area contributed by atoms with Crippen LogP contribution in [-0.4, -0.2) is 74.7 Å². The Balaban J connectivity index is 1.61. The number of carbonyl (C=O) groups is 3. The van der Waals surface area contributed by atoms with Crippen molar-refractivity contribution in [2.75, 3.05) is 26.3 Å². The minimum atomic E-state index is -2.55. The van der Waals surface area contributed by atoms with Gasteiger partial charge in [-0.2, -0.15) is 0 Å². The molecule has 3 aliphatic carbocycles. The van der Waals surface area contributed by atoms with Crippen molar-refractivity contribution < 1.29 is 39.5 Å². The molecular weight excluding hydrogens is 444 g/mol. The summed E-state index contributed by atoms with van der Waals surface area (Å²) in [5, 5.41) is 43.6. The summed E-state index contributed by atoms with van der Waals surface area (Å²) in [5.41, 5.74) is 3.46. The third kappa shape index (κ3) is 3.17. The van der Waals surface area contributed by atoms with Gasteiger partial charge in [0.05, 0.1) is 18.8 Å². The van der Waals surface area contributed by atoms with Crippen molar-refractivity contribution in [2.45, 2.75) is 31.4 Å². The largest absolute Gasteiger partial charge is 0.508 e. The van der Waals surface area contributed by atoms with E-state index in [0.717, 1.165) is 18.7 Å². The second-order valence-corrected chi connectivity index (χ2v) is 9.39. The van der Waals surface area contributed by atoms with Crippen LogP contribution in [0.2, 0.25) is 0 Å². The van der Waals surface area contributed by atoms with Gasteiger partial charge >= 0.3 is 0 Å². The van der Waals surface area contributed by atoms with Crippen molar-refractivity contribution in [1.29, 1.82) is 0 Å². The molecule has 1 amide bonds. The minimum absolute atomic E-state index is 0.121. The van der Waals surface area contributed by atoms with Crippen LogP contribution in [-0.2, 0) is 32.1 Å². The van der Waals surface area contributed by atoms with E-state index in [4.69, 9.17) is 10.5 Å². The molecule has 1 saturated carbocycles. The lowest BCUT2D eigenvalue weighted by atomic mass is 9.59. The highest BCUT2D eigenvalue weighted by molar-refractivity contribution is 6.22. The summed E-state index contributed by atoms with van der Waals surface area (Å²) in [6, 6.07) is 3.25. The fraction of sp³-hybridized carbons (Fsp3) is 0.458. The van der Waals surface area contributed by atoms with Gasteiger partial charge in [-0.1, -0.05) is 6.07 Å². The van der Waals surface area contributed by atoms with Crippen LogP contribution in [0.4, 0.5) is 0 Å². The first-order valence-electron chi connectivity index (χ1n) is 11.3. The number of phenols is 1. The zero-order valence-electron chi connectivity index (χ0n) is 18.4. The Morgan fingerprint density at radius 2 is 1.85 bits per heavy atom. The highest BCUT2D eigenvalue weighted by Crippen LogP contribution is 2.52. The zero-order valence-corrected chi connectivity index (χ0v) is 18.4. The van der Waals surface area contributed by atoms with Crippen molar-refractivity contribution in [2.24, 2.45) is 17.6 Å². The van der Waals surface area contributed by atoms with E-state index in [1.807, 2.05) is 0 Å². The molecule has 34 heavy (non-hydrogen) atoms. The molecule has 1 aromatic carbocycles. The number of aliphatic hydroxyl groups is 3. The first kappa shape index (κ1) is 22.6. The average Bonchev–Trinajstić information content (AvgIpc) is 2.78. The number of rotatable bonds is 3. The molecule has 1 heterocycles. The number of ether oxygens (including phenoxy) is 1. The molecule has 0 bridgehead atoms. The molecule has 5 rings (SSSR count). The van der Waals surface area contributed by atoms with Gasteiger partial charge in [-0.3, -0.25) is 19.3 Å². The van der Waals surface area contributed by atoms with Gasteiger partial charge in [0.1, 0.15) is 22.8 Å². The fourth-order valence-corrected chi connectivity index (χ4v) is 5.83. The minimum Gasteiger partial charge on any atom is -0.508 e. The number of fused-ring (bicyclic) bond motifs is 3. The Labute approximate surface area is 194 Å². The number of carbonyl (C=O) groups excluding carboxylic acids is 3. The van der Waals surface area contributed by atoms with E-state index in [9.17, 15) is 34.8 Å². The van der Waals surface area contributed by atoms with Gasteiger partial charge in [0.25, 0.3) is 5.91 Å². The number of nitrogens with two attached hydrogens (primary N) is 1. The van der Waals surface area contributed by atoms with Gasteiger partial charge in [-0.05, 0) is 36.0 Å². The van der Waals surface area contributed by atoms with Gasteiger partial charge in [-0.15, -0.1) is 0 Å². The Morgan fingerprint density at radius 3 is 2.53 bits per heavy atom. The Hall–Kier alpha value is -3.21. The number of primary amides is 1. The van der Waals surface area contributed by atoms with E-state index in [2.05, 4.69) is 4.90 Å². The molecule has 2 fully saturated rings. The summed E-state index contributed by atoms with van der Waals surface area (Å²) in [6.45, 7) is 3.30. The molecule has 0 aromatic heterocycles. The number of aromatic hydroxyl groups is 1. The number of aliphatic hydroxyl groups excluding tert-OH is 2. The molecule has 3 atom stereocenters. The second-order valence-electron chi connectivity index (χ2n) is 9.39. The number of morpholine rings is 1. The van der Waals surface area contributed by atoms with Crippen molar-refractivity contribution in [3.63, 3.8) is 0 Å². The number of benzene rings is 1. The first-order valence-corrected chi connectivity index (χ1v) is 11.3. The molecule has 1 aliphatic heterocycles. The lowest BCUT2D eigenvalue weighted by Crippen LogP contribution is -2.58. The number of hydrogen-bond donors (Lipinski definition) is 5. The van der Waals surface area contributed by atoms with E-state index in [0.29, 0.717) is 31.7 Å². The van der Waals surface area contributed by atoms with Crippen molar-refractivity contribution in [1.82, 2.24) is 4.90 Å². The predicted octanol–water partition coefficient (Wildman–Crippen LogP) is 0.256. The Bertz CT molecular complexity index is 1180. The van der Waals surface area contributed by atoms with Gasteiger partial charge in [0.15, 0.2) is 11.4 Å². The smallest absolute Gasteiger partial charge is 0.255 e. The third-order valence-electron chi connectivity index (χ3n) is 7.54. The Kier molecular flexibility index (Phi) is 5.27. The van der Waals surface area contributed by atoms with Crippen LogP contribution in [0.15, 0.2) is 29.0 Å². The summed E-state index contributed by atoms with van der Waals surface area (Å²) in [7, 11) is 0. The normalized spacial score (nSPS) is 29.6. The molecule has 1 aromatic rings. The maximum Gasteiger partial charge on any atom is 0.255 e. The zero-order chi connectivity index (χ0) is 24.4. The maximum absolute atomic E-state index is 13.5. The van der Waals surface area contributed by atoms with Crippen LogP contribution in [0.5, 0.6) is 5.75 Å². The summed E-state index contributed by atoms with van der Waals surface area (Å²) < 4.78 is 5.40. The summed E-state index contributed by atoms with van der Waals surface area (Å²) >= 11 is 0. The van der Waals surface area contributed by atoms with Crippen molar-refractivity contribution in [3.8, 4) is 5.75 Å². The van der Waals surface area contributed by atoms with Crippen LogP contribution in [0, 0.1) is 11.8 Å². The summed E-state index contributed by atoms with van der Waals surface area (Å²) in [6.07, 6.45) is 0.0979. The number of phenolic OH excluding ortho intramolecular Hbond substituents is 1. The van der Waals surface area contributed by atoms with Gasteiger partial charge < -0.3 is 30.9 Å². The lowest BCUT2D eigenvalue weighted by Gasteiger charge is -2.46. The predicted molar refractivity (Wildman–Crippen MR) is 117 cm³/mol. The second kappa shape index (κ2) is 7.93. The molecule has 6 N–H and O–H groups in total. The van der Waals surface area contributed by atoms with Crippen LogP contribution >= 0.6 is 0 Å². The van der Waals surface area contributed by atoms with Crippen LogP contribution < -0.4 is 5.73 Å². The van der Waals surface area contributed by atoms with Crippen LogP contribution in [0.3, 0.4) is 0 Å². The summed E-state index contributed by atoms with van der Waals surface area (Å²) in [5.74, 6) is -6.20. The monoisotopic (exact) mass is 470 g/mol. The van der Waals surface area contributed by atoms with Crippen molar-refractivity contribution >= 4 is 23.2 Å². The molecule has 4 aliphatic rings. The molecule has 0 unspecified atom stereocenters.